The Morgan fingerprint density at radius 2 is 1.92 bits per heavy atom. The van der Waals surface area contributed by atoms with Gasteiger partial charge < -0.3 is 26.0 Å². The summed E-state index contributed by atoms with van der Waals surface area (Å²) in [4.78, 5) is 11.7. The zero-order valence-electron chi connectivity index (χ0n) is 13.6. The van der Waals surface area contributed by atoms with E-state index in [0.29, 0.717) is 5.56 Å². The molecule has 1 amide bonds. The van der Waals surface area contributed by atoms with E-state index < -0.39 is 24.1 Å². The molecule has 7 heteroatoms. The van der Waals surface area contributed by atoms with Crippen LogP contribution in [0.1, 0.15) is 22.8 Å². The molecule has 0 aliphatic heterocycles. The molecule has 0 bridgehead atoms. The molecule has 0 saturated carbocycles. The van der Waals surface area contributed by atoms with Gasteiger partial charge in [0.2, 0.25) is 0 Å². The normalized spacial score (nSPS) is 13.1. The van der Waals surface area contributed by atoms with Crippen LogP contribution in [0.5, 0.6) is 0 Å². The van der Waals surface area contributed by atoms with Crippen LogP contribution in [0.25, 0.3) is 0 Å². The second-order valence-corrected chi connectivity index (χ2v) is 5.50. The van der Waals surface area contributed by atoms with Crippen LogP contribution in [0, 0.1) is 5.82 Å². The van der Waals surface area contributed by atoms with Crippen molar-refractivity contribution in [1.82, 2.24) is 5.32 Å². The molecule has 0 aromatic heterocycles. The first-order chi connectivity index (χ1) is 12.0. The van der Waals surface area contributed by atoms with Crippen molar-refractivity contribution in [2.45, 2.75) is 25.4 Å². The maximum atomic E-state index is 13.4. The minimum Gasteiger partial charge on any atom is -0.445 e. The molecule has 0 spiro atoms. The fourth-order valence-electron chi connectivity index (χ4n) is 2.31. The lowest BCUT2D eigenvalue weighted by Crippen LogP contribution is -2.36. The predicted octanol–water partition coefficient (Wildman–Crippen LogP) is 1.61. The van der Waals surface area contributed by atoms with Crippen molar-refractivity contribution < 1.29 is 24.1 Å². The standard InChI is InChI=1S/C18H21FN2O4/c19-14-7-6-13(9-20)15(8-14)17(23)16(22)10-21-18(24)25-11-12-4-2-1-3-5-12/h1-8,16-17,22-23H,9-11,20H2,(H,21,24). The Balaban J connectivity index is 1.86. The minimum atomic E-state index is -1.39. The number of rotatable bonds is 7. The third-order valence-electron chi connectivity index (χ3n) is 3.68. The van der Waals surface area contributed by atoms with Gasteiger partial charge in [0.25, 0.3) is 0 Å². The van der Waals surface area contributed by atoms with E-state index in [4.69, 9.17) is 10.5 Å². The zero-order chi connectivity index (χ0) is 18.2. The Bertz CT molecular complexity index is 697. The summed E-state index contributed by atoms with van der Waals surface area (Å²) in [5.41, 5.74) is 7.08. The molecular formula is C18H21FN2O4. The zero-order valence-corrected chi connectivity index (χ0v) is 13.6. The summed E-state index contributed by atoms with van der Waals surface area (Å²) in [6, 6.07) is 12.9. The number of ether oxygens (including phenoxy) is 1. The highest BCUT2D eigenvalue weighted by Crippen LogP contribution is 2.22. The average Bonchev–Trinajstić information content (AvgIpc) is 2.64. The van der Waals surface area contributed by atoms with Crippen LogP contribution >= 0.6 is 0 Å². The molecule has 5 N–H and O–H groups in total. The molecule has 0 fully saturated rings. The Kier molecular flexibility index (Phi) is 6.88. The summed E-state index contributed by atoms with van der Waals surface area (Å²) in [5.74, 6) is -0.548. The van der Waals surface area contributed by atoms with Gasteiger partial charge in [-0.2, -0.15) is 0 Å². The lowest BCUT2D eigenvalue weighted by molar-refractivity contribution is 0.0177. The van der Waals surface area contributed by atoms with Crippen molar-refractivity contribution in [1.29, 1.82) is 0 Å². The molecule has 2 atom stereocenters. The number of nitrogens with one attached hydrogen (secondary N) is 1. The number of halogens is 1. The highest BCUT2D eigenvalue weighted by Gasteiger charge is 2.22. The third kappa shape index (κ3) is 5.53. The van der Waals surface area contributed by atoms with E-state index >= 15 is 0 Å². The lowest BCUT2D eigenvalue weighted by atomic mass is 9.98. The van der Waals surface area contributed by atoms with Gasteiger partial charge >= 0.3 is 6.09 Å². The molecule has 0 heterocycles. The molecule has 0 aliphatic rings. The van der Waals surface area contributed by atoms with Crippen molar-refractivity contribution in [2.75, 3.05) is 6.54 Å². The average molecular weight is 348 g/mol. The van der Waals surface area contributed by atoms with E-state index in [1.54, 1.807) is 0 Å². The molecular weight excluding hydrogens is 327 g/mol. The van der Waals surface area contributed by atoms with Gasteiger partial charge in [-0.15, -0.1) is 0 Å². The smallest absolute Gasteiger partial charge is 0.407 e. The third-order valence-corrected chi connectivity index (χ3v) is 3.68. The van der Waals surface area contributed by atoms with Crippen molar-refractivity contribution in [3.8, 4) is 0 Å². The minimum absolute atomic E-state index is 0.0892. The molecule has 2 unspecified atom stereocenters. The highest BCUT2D eigenvalue weighted by atomic mass is 19.1. The summed E-state index contributed by atoms with van der Waals surface area (Å²) in [6.45, 7) is -0.0756. The number of amides is 1. The Hall–Kier alpha value is -2.48. The second kappa shape index (κ2) is 9.12. The highest BCUT2D eigenvalue weighted by molar-refractivity contribution is 5.67. The summed E-state index contributed by atoms with van der Waals surface area (Å²) < 4.78 is 18.4. The van der Waals surface area contributed by atoms with Crippen LogP contribution in [0.3, 0.4) is 0 Å². The number of hydrogen-bond acceptors (Lipinski definition) is 5. The number of hydrogen-bond donors (Lipinski definition) is 4. The van der Waals surface area contributed by atoms with E-state index in [-0.39, 0.29) is 25.3 Å². The van der Waals surface area contributed by atoms with Crippen LogP contribution in [0.2, 0.25) is 0 Å². The van der Waals surface area contributed by atoms with Crippen LogP contribution in [-0.2, 0) is 17.9 Å². The topological polar surface area (TPSA) is 105 Å². The van der Waals surface area contributed by atoms with Crippen LogP contribution in [-0.4, -0.2) is 29.0 Å². The van der Waals surface area contributed by atoms with Crippen molar-refractivity contribution in [2.24, 2.45) is 5.73 Å². The summed E-state index contributed by atoms with van der Waals surface area (Å²) >= 11 is 0. The van der Waals surface area contributed by atoms with Gasteiger partial charge in [-0.25, -0.2) is 9.18 Å². The Morgan fingerprint density at radius 3 is 2.60 bits per heavy atom. The van der Waals surface area contributed by atoms with Gasteiger partial charge in [-0.3, -0.25) is 0 Å². The first-order valence-electron chi connectivity index (χ1n) is 7.80. The second-order valence-electron chi connectivity index (χ2n) is 5.50. The first kappa shape index (κ1) is 18.9. The van der Waals surface area contributed by atoms with Gasteiger partial charge in [0, 0.05) is 13.1 Å². The van der Waals surface area contributed by atoms with E-state index in [9.17, 15) is 19.4 Å². The van der Waals surface area contributed by atoms with Gasteiger partial charge in [0.15, 0.2) is 0 Å². The molecule has 2 aromatic rings. The maximum Gasteiger partial charge on any atom is 0.407 e. The molecule has 6 nitrogen and oxygen atoms in total. The molecule has 2 rings (SSSR count). The van der Waals surface area contributed by atoms with Gasteiger partial charge in [-0.1, -0.05) is 36.4 Å². The Morgan fingerprint density at radius 1 is 1.20 bits per heavy atom. The monoisotopic (exact) mass is 348 g/mol. The van der Waals surface area contributed by atoms with Crippen LogP contribution in [0.15, 0.2) is 48.5 Å². The maximum absolute atomic E-state index is 13.4. The van der Waals surface area contributed by atoms with E-state index in [1.165, 1.54) is 12.1 Å². The number of carbonyl (C=O) groups excluding carboxylic acids is 1. The number of carbonyl (C=O) groups is 1. The SMILES string of the molecule is NCc1ccc(F)cc1C(O)C(O)CNC(=O)OCc1ccccc1. The summed E-state index contributed by atoms with van der Waals surface area (Å²) in [7, 11) is 0. The molecule has 134 valence electrons. The van der Waals surface area contributed by atoms with Crippen LogP contribution in [0.4, 0.5) is 9.18 Å². The molecule has 25 heavy (non-hydrogen) atoms. The van der Waals surface area contributed by atoms with Gasteiger partial charge in [0.05, 0.1) is 0 Å². The lowest BCUT2D eigenvalue weighted by Gasteiger charge is -2.21. The largest absolute Gasteiger partial charge is 0.445 e. The summed E-state index contributed by atoms with van der Waals surface area (Å²) in [5, 5.41) is 22.6. The molecule has 0 radical (unpaired) electrons. The number of alkyl carbamates (subject to hydrolysis) is 1. The van der Waals surface area contributed by atoms with E-state index in [2.05, 4.69) is 5.32 Å². The van der Waals surface area contributed by atoms with E-state index in [0.717, 1.165) is 11.6 Å². The molecule has 2 aromatic carbocycles. The van der Waals surface area contributed by atoms with Crippen molar-refractivity contribution >= 4 is 6.09 Å². The van der Waals surface area contributed by atoms with Crippen LogP contribution < -0.4 is 11.1 Å². The Labute approximate surface area is 145 Å². The van der Waals surface area contributed by atoms with E-state index in [1.807, 2.05) is 30.3 Å². The molecule has 0 saturated heterocycles. The quantitative estimate of drug-likeness (QED) is 0.608. The van der Waals surface area contributed by atoms with Gasteiger partial charge in [-0.05, 0) is 28.8 Å². The number of aliphatic hydroxyl groups excluding tert-OH is 2. The molecule has 0 aliphatic carbocycles. The number of aliphatic hydroxyl groups is 2. The number of benzene rings is 2. The van der Waals surface area contributed by atoms with Crippen molar-refractivity contribution in [3.05, 3.63) is 71.0 Å². The fourth-order valence-corrected chi connectivity index (χ4v) is 2.31. The predicted molar refractivity (Wildman–Crippen MR) is 89.9 cm³/mol. The number of nitrogens with two attached hydrogens (primary N) is 1. The van der Waals surface area contributed by atoms with Crippen molar-refractivity contribution in [3.63, 3.8) is 0 Å². The fraction of sp³-hybridized carbons (Fsp3) is 0.278. The first-order valence-corrected chi connectivity index (χ1v) is 7.80. The summed E-state index contributed by atoms with van der Waals surface area (Å²) in [6.07, 6.45) is -3.45. The van der Waals surface area contributed by atoms with Gasteiger partial charge in [0.1, 0.15) is 24.6 Å².